The van der Waals surface area contributed by atoms with E-state index in [0.29, 0.717) is 5.92 Å². The van der Waals surface area contributed by atoms with Crippen molar-refractivity contribution in [1.82, 2.24) is 4.90 Å². The summed E-state index contributed by atoms with van der Waals surface area (Å²) in [6.07, 6.45) is 3.33. The highest BCUT2D eigenvalue weighted by Gasteiger charge is 2.38. The Balaban J connectivity index is 1.88. The van der Waals surface area contributed by atoms with Crippen LogP contribution >= 0.6 is 0 Å². The number of rotatable bonds is 2. The smallest absolute Gasteiger partial charge is 0.0631 e. The van der Waals surface area contributed by atoms with Crippen LogP contribution in [0.4, 0.5) is 0 Å². The Morgan fingerprint density at radius 2 is 2.00 bits per heavy atom. The van der Waals surface area contributed by atoms with Crippen LogP contribution in [0.5, 0.6) is 0 Å². The summed E-state index contributed by atoms with van der Waals surface area (Å²) in [5.74, 6) is 2.03. The van der Waals surface area contributed by atoms with Crippen molar-refractivity contribution in [3.63, 3.8) is 0 Å². The predicted octanol–water partition coefficient (Wildman–Crippen LogP) is 1.24. The van der Waals surface area contributed by atoms with E-state index in [1.165, 1.54) is 6.42 Å². The van der Waals surface area contributed by atoms with Crippen molar-refractivity contribution in [2.24, 2.45) is 11.3 Å². The third-order valence-corrected chi connectivity index (χ3v) is 5.68. The van der Waals surface area contributed by atoms with Gasteiger partial charge < -0.3 is 10.0 Å². The van der Waals surface area contributed by atoms with Gasteiger partial charge >= 0.3 is 0 Å². The van der Waals surface area contributed by atoms with Gasteiger partial charge in [0.25, 0.3) is 0 Å². The highest BCUT2D eigenvalue weighted by Crippen LogP contribution is 2.39. The molecule has 0 aromatic rings. The Labute approximate surface area is 107 Å². The second-order valence-corrected chi connectivity index (χ2v) is 7.93. The predicted molar refractivity (Wildman–Crippen MR) is 71.4 cm³/mol. The van der Waals surface area contributed by atoms with E-state index in [0.717, 1.165) is 44.0 Å². The van der Waals surface area contributed by atoms with E-state index in [9.17, 15) is 9.32 Å². The molecule has 0 aromatic carbocycles. The average molecular weight is 259 g/mol. The average Bonchev–Trinajstić information content (AvgIpc) is 2.28. The minimum Gasteiger partial charge on any atom is -0.392 e. The lowest BCUT2D eigenvalue weighted by Crippen LogP contribution is -2.47. The molecular formula is C13H25NO2S. The fourth-order valence-corrected chi connectivity index (χ4v) is 4.27. The normalized spacial score (nSPS) is 35.9. The Morgan fingerprint density at radius 3 is 2.65 bits per heavy atom. The zero-order chi connectivity index (χ0) is 12.5. The number of hydrogen-bond donors (Lipinski definition) is 1. The van der Waals surface area contributed by atoms with Gasteiger partial charge in [-0.1, -0.05) is 20.3 Å². The maximum absolute atomic E-state index is 11.3. The molecule has 0 bridgehead atoms. The van der Waals surface area contributed by atoms with E-state index in [-0.39, 0.29) is 11.5 Å². The van der Waals surface area contributed by atoms with Gasteiger partial charge in [-0.3, -0.25) is 4.21 Å². The molecule has 1 saturated carbocycles. The Hall–Kier alpha value is 0.0700. The first-order valence-corrected chi connectivity index (χ1v) is 8.23. The van der Waals surface area contributed by atoms with Gasteiger partial charge in [-0.2, -0.15) is 0 Å². The van der Waals surface area contributed by atoms with Gasteiger partial charge in [-0.15, -0.1) is 0 Å². The zero-order valence-electron chi connectivity index (χ0n) is 11.0. The minimum absolute atomic E-state index is 0.0710. The molecule has 2 aliphatic rings. The monoisotopic (exact) mass is 259 g/mol. The summed E-state index contributed by atoms with van der Waals surface area (Å²) in [5, 5.41) is 10.4. The Kier molecular flexibility index (Phi) is 4.26. The molecule has 2 unspecified atom stereocenters. The van der Waals surface area contributed by atoms with Crippen molar-refractivity contribution >= 4 is 10.8 Å². The van der Waals surface area contributed by atoms with Crippen molar-refractivity contribution in [2.75, 3.05) is 31.1 Å². The van der Waals surface area contributed by atoms with Crippen LogP contribution in [0, 0.1) is 11.3 Å². The lowest BCUT2D eigenvalue weighted by atomic mass is 9.69. The van der Waals surface area contributed by atoms with Crippen LogP contribution in [-0.2, 0) is 10.8 Å². The first-order chi connectivity index (χ1) is 7.99. The van der Waals surface area contributed by atoms with Crippen LogP contribution in [-0.4, -0.2) is 51.5 Å². The van der Waals surface area contributed by atoms with Crippen LogP contribution in [0.1, 0.15) is 33.1 Å². The minimum atomic E-state index is -0.596. The van der Waals surface area contributed by atoms with Crippen molar-refractivity contribution in [2.45, 2.75) is 39.2 Å². The fourth-order valence-electron chi connectivity index (χ4n) is 3.14. The van der Waals surface area contributed by atoms with Crippen LogP contribution in [0.25, 0.3) is 0 Å². The van der Waals surface area contributed by atoms with Gasteiger partial charge in [-0.05, 0) is 24.2 Å². The second kappa shape index (κ2) is 5.37. The third-order valence-electron chi connectivity index (χ3n) is 4.41. The molecule has 0 spiro atoms. The lowest BCUT2D eigenvalue weighted by Gasteiger charge is -2.43. The molecule has 100 valence electrons. The van der Waals surface area contributed by atoms with Gasteiger partial charge in [-0.25, -0.2) is 0 Å². The summed E-state index contributed by atoms with van der Waals surface area (Å²) < 4.78 is 11.3. The summed E-state index contributed by atoms with van der Waals surface area (Å²) in [5.41, 5.74) is 0.0710. The van der Waals surface area contributed by atoms with Gasteiger partial charge in [0.05, 0.1) is 6.10 Å². The highest BCUT2D eigenvalue weighted by atomic mass is 32.2. The van der Waals surface area contributed by atoms with Crippen LogP contribution in [0.3, 0.4) is 0 Å². The summed E-state index contributed by atoms with van der Waals surface area (Å²) in [6.45, 7) is 7.22. The molecule has 0 aromatic heterocycles. The Bertz CT molecular complexity index is 283. The molecule has 1 heterocycles. The molecular weight excluding hydrogens is 234 g/mol. The molecule has 17 heavy (non-hydrogen) atoms. The molecule has 0 amide bonds. The molecule has 1 aliphatic carbocycles. The summed E-state index contributed by atoms with van der Waals surface area (Å²) in [7, 11) is -0.596. The largest absolute Gasteiger partial charge is 0.392 e. The van der Waals surface area contributed by atoms with Crippen molar-refractivity contribution < 1.29 is 9.32 Å². The molecule has 1 saturated heterocycles. The number of aliphatic hydroxyl groups excluding tert-OH is 1. The zero-order valence-corrected chi connectivity index (χ0v) is 11.8. The molecule has 2 rings (SSSR count). The van der Waals surface area contributed by atoms with E-state index in [1.807, 2.05) is 0 Å². The summed E-state index contributed by atoms with van der Waals surface area (Å²) >= 11 is 0. The van der Waals surface area contributed by atoms with Gasteiger partial charge in [0, 0.05) is 41.9 Å². The second-order valence-electron chi connectivity index (χ2n) is 6.23. The quantitative estimate of drug-likeness (QED) is 0.811. The third kappa shape index (κ3) is 3.30. The molecule has 2 fully saturated rings. The summed E-state index contributed by atoms with van der Waals surface area (Å²) in [4.78, 5) is 2.39. The molecule has 1 aliphatic heterocycles. The van der Waals surface area contributed by atoms with E-state index in [2.05, 4.69) is 18.7 Å². The van der Waals surface area contributed by atoms with Gasteiger partial charge in [0.1, 0.15) is 0 Å². The fraction of sp³-hybridized carbons (Fsp3) is 1.00. The molecule has 2 atom stereocenters. The Morgan fingerprint density at radius 1 is 1.35 bits per heavy atom. The maximum Gasteiger partial charge on any atom is 0.0631 e. The maximum atomic E-state index is 11.3. The van der Waals surface area contributed by atoms with Crippen LogP contribution in [0.15, 0.2) is 0 Å². The van der Waals surface area contributed by atoms with E-state index in [1.54, 1.807) is 0 Å². The molecule has 0 radical (unpaired) electrons. The van der Waals surface area contributed by atoms with Crippen molar-refractivity contribution in [3.05, 3.63) is 0 Å². The van der Waals surface area contributed by atoms with Gasteiger partial charge in [0.2, 0.25) is 0 Å². The van der Waals surface area contributed by atoms with E-state index >= 15 is 0 Å². The van der Waals surface area contributed by atoms with Crippen LogP contribution < -0.4 is 0 Å². The molecule has 4 heteroatoms. The van der Waals surface area contributed by atoms with Crippen molar-refractivity contribution in [3.8, 4) is 0 Å². The van der Waals surface area contributed by atoms with Crippen molar-refractivity contribution in [1.29, 1.82) is 0 Å². The van der Waals surface area contributed by atoms with Crippen LogP contribution in [0.2, 0.25) is 0 Å². The molecule has 3 nitrogen and oxygen atoms in total. The topological polar surface area (TPSA) is 40.5 Å². The SMILES string of the molecule is CC1(C)CCCC(CN2CCS(=O)CC2)C1O. The first-order valence-electron chi connectivity index (χ1n) is 6.74. The number of hydrogen-bond acceptors (Lipinski definition) is 3. The van der Waals surface area contributed by atoms with E-state index < -0.39 is 10.8 Å². The first kappa shape index (κ1) is 13.5. The standard InChI is InChI=1S/C13H25NO2S/c1-13(2)5-3-4-11(12(13)15)10-14-6-8-17(16)9-7-14/h11-12,15H,3-10H2,1-2H3. The number of aliphatic hydroxyl groups is 1. The highest BCUT2D eigenvalue weighted by molar-refractivity contribution is 7.85. The number of nitrogens with zero attached hydrogens (tertiary/aromatic N) is 1. The lowest BCUT2D eigenvalue weighted by molar-refractivity contribution is -0.0422. The van der Waals surface area contributed by atoms with E-state index in [4.69, 9.17) is 0 Å². The molecule has 1 N–H and O–H groups in total. The summed E-state index contributed by atoms with van der Waals surface area (Å²) in [6, 6.07) is 0. The van der Waals surface area contributed by atoms with Gasteiger partial charge in [0.15, 0.2) is 0 Å².